The molecule has 1 aromatic carbocycles. The summed E-state index contributed by atoms with van der Waals surface area (Å²) in [6, 6.07) is 4.79. The first kappa shape index (κ1) is 16.4. The van der Waals surface area contributed by atoms with Crippen LogP contribution in [0, 0.1) is 5.82 Å². The Hall–Kier alpha value is -0.980. The van der Waals surface area contributed by atoms with Gasteiger partial charge in [0.05, 0.1) is 10.0 Å². The van der Waals surface area contributed by atoms with Gasteiger partial charge in [-0.05, 0) is 59.8 Å². The van der Waals surface area contributed by atoms with Crippen LogP contribution in [0.4, 0.5) is 4.39 Å². The third-order valence-electron chi connectivity index (χ3n) is 3.74. The fourth-order valence-corrected chi connectivity index (χ4v) is 2.83. The Morgan fingerprint density at radius 2 is 2.19 bits per heavy atom. The third kappa shape index (κ3) is 4.25. The van der Waals surface area contributed by atoms with Crippen molar-refractivity contribution in [1.29, 1.82) is 0 Å². The number of carbonyl (C=O) groups is 1. The zero-order valence-corrected chi connectivity index (χ0v) is 13.6. The molecule has 0 radical (unpaired) electrons. The molecule has 1 aliphatic rings. The van der Waals surface area contributed by atoms with Gasteiger partial charge in [-0.15, -0.1) is 0 Å². The summed E-state index contributed by atoms with van der Waals surface area (Å²) in [5.74, 6) is -0.432. The summed E-state index contributed by atoms with van der Waals surface area (Å²) in [6.45, 7) is 2.95. The third-order valence-corrected chi connectivity index (χ3v) is 4.35. The number of nitrogens with one attached hydrogen (secondary N) is 1. The molecule has 1 atom stereocenters. The van der Waals surface area contributed by atoms with E-state index in [4.69, 9.17) is 10.5 Å². The minimum atomic E-state index is -0.837. The van der Waals surface area contributed by atoms with Crippen LogP contribution in [0.25, 0.3) is 0 Å². The number of amides is 1. The Morgan fingerprint density at radius 1 is 1.52 bits per heavy atom. The molecule has 4 nitrogen and oxygen atoms in total. The van der Waals surface area contributed by atoms with Crippen LogP contribution in [-0.2, 0) is 16.0 Å². The van der Waals surface area contributed by atoms with Crippen LogP contribution >= 0.6 is 15.9 Å². The van der Waals surface area contributed by atoms with Gasteiger partial charge in [-0.2, -0.15) is 0 Å². The van der Waals surface area contributed by atoms with E-state index in [1.165, 1.54) is 6.07 Å². The first-order valence-corrected chi connectivity index (χ1v) is 7.81. The Labute approximate surface area is 132 Å². The van der Waals surface area contributed by atoms with Crippen molar-refractivity contribution in [3.63, 3.8) is 0 Å². The fraction of sp³-hybridized carbons (Fsp3) is 0.533. The molecule has 1 saturated heterocycles. The molecule has 0 spiro atoms. The van der Waals surface area contributed by atoms with E-state index >= 15 is 0 Å². The van der Waals surface area contributed by atoms with E-state index in [0.29, 0.717) is 36.9 Å². The molecule has 0 aromatic heterocycles. The predicted molar refractivity (Wildman–Crippen MR) is 82.4 cm³/mol. The summed E-state index contributed by atoms with van der Waals surface area (Å²) in [5.41, 5.74) is 6.25. The number of nitrogens with two attached hydrogens (primary N) is 1. The molecule has 1 aromatic rings. The van der Waals surface area contributed by atoms with Crippen molar-refractivity contribution < 1.29 is 13.9 Å². The lowest BCUT2D eigenvalue weighted by molar-refractivity contribution is -0.130. The van der Waals surface area contributed by atoms with Gasteiger partial charge in [0.25, 0.3) is 0 Å². The molecule has 116 valence electrons. The zero-order valence-electron chi connectivity index (χ0n) is 12.0. The van der Waals surface area contributed by atoms with Gasteiger partial charge in [0.2, 0.25) is 5.91 Å². The van der Waals surface area contributed by atoms with E-state index in [-0.39, 0.29) is 17.8 Å². The van der Waals surface area contributed by atoms with Crippen LogP contribution < -0.4 is 11.1 Å². The molecule has 21 heavy (non-hydrogen) atoms. The summed E-state index contributed by atoms with van der Waals surface area (Å²) in [7, 11) is 0. The van der Waals surface area contributed by atoms with Crippen LogP contribution in [0.5, 0.6) is 0 Å². The zero-order chi connectivity index (χ0) is 15.5. The molecule has 3 N–H and O–H groups in total. The number of hydrogen-bond acceptors (Lipinski definition) is 3. The van der Waals surface area contributed by atoms with E-state index in [2.05, 4.69) is 21.2 Å². The standard InChI is InChI=1S/C15H20BrFN2O2/c1-10(8-11-2-3-13(17)12(16)9-11)19-14(20)15(18)4-6-21-7-5-15/h2-3,9-10H,4-8,18H2,1H3,(H,19,20). The van der Waals surface area contributed by atoms with Gasteiger partial charge in [-0.25, -0.2) is 4.39 Å². The topological polar surface area (TPSA) is 64.4 Å². The Kier molecular flexibility index (Phi) is 5.35. The summed E-state index contributed by atoms with van der Waals surface area (Å²) < 4.78 is 18.9. The quantitative estimate of drug-likeness (QED) is 0.866. The largest absolute Gasteiger partial charge is 0.381 e. The maximum absolute atomic E-state index is 13.2. The highest BCUT2D eigenvalue weighted by molar-refractivity contribution is 9.10. The maximum Gasteiger partial charge on any atom is 0.240 e. The van der Waals surface area contributed by atoms with Gasteiger partial charge >= 0.3 is 0 Å². The van der Waals surface area contributed by atoms with E-state index in [0.717, 1.165) is 5.56 Å². The van der Waals surface area contributed by atoms with Crippen molar-refractivity contribution in [1.82, 2.24) is 5.32 Å². The van der Waals surface area contributed by atoms with Gasteiger partial charge < -0.3 is 15.8 Å². The first-order valence-electron chi connectivity index (χ1n) is 7.02. The van der Waals surface area contributed by atoms with Crippen LogP contribution in [0.3, 0.4) is 0 Å². The summed E-state index contributed by atoms with van der Waals surface area (Å²) in [4.78, 5) is 12.3. The van der Waals surface area contributed by atoms with E-state index < -0.39 is 5.54 Å². The summed E-state index contributed by atoms with van der Waals surface area (Å²) in [5, 5.41) is 2.94. The molecule has 1 aliphatic heterocycles. The molecule has 0 aliphatic carbocycles. The van der Waals surface area contributed by atoms with Crippen LogP contribution in [-0.4, -0.2) is 30.7 Å². The number of benzene rings is 1. The number of rotatable bonds is 4. The molecule has 0 bridgehead atoms. The van der Waals surface area contributed by atoms with E-state index in [1.807, 2.05) is 6.92 Å². The molecule has 1 heterocycles. The number of carbonyl (C=O) groups excluding carboxylic acids is 1. The Balaban J connectivity index is 1.93. The van der Waals surface area contributed by atoms with Crippen LogP contribution in [0.15, 0.2) is 22.7 Å². The molecular formula is C15H20BrFN2O2. The maximum atomic E-state index is 13.2. The second-order valence-electron chi connectivity index (χ2n) is 5.60. The molecule has 1 fully saturated rings. The van der Waals surface area contributed by atoms with Crippen LogP contribution in [0.2, 0.25) is 0 Å². The van der Waals surface area contributed by atoms with E-state index in [1.54, 1.807) is 12.1 Å². The lowest BCUT2D eigenvalue weighted by Crippen LogP contribution is -2.58. The van der Waals surface area contributed by atoms with Gasteiger partial charge in [-0.1, -0.05) is 6.07 Å². The molecule has 1 amide bonds. The molecule has 6 heteroatoms. The molecule has 2 rings (SSSR count). The lowest BCUT2D eigenvalue weighted by atomic mass is 9.90. The molecular weight excluding hydrogens is 339 g/mol. The lowest BCUT2D eigenvalue weighted by Gasteiger charge is -2.33. The highest BCUT2D eigenvalue weighted by atomic mass is 79.9. The minimum Gasteiger partial charge on any atom is -0.381 e. The average molecular weight is 359 g/mol. The number of ether oxygens (including phenoxy) is 1. The van der Waals surface area contributed by atoms with Gasteiger partial charge in [0, 0.05) is 19.3 Å². The Morgan fingerprint density at radius 3 is 2.81 bits per heavy atom. The first-order chi connectivity index (χ1) is 9.90. The highest BCUT2D eigenvalue weighted by Crippen LogP contribution is 2.20. The highest BCUT2D eigenvalue weighted by Gasteiger charge is 2.36. The van der Waals surface area contributed by atoms with Crippen molar-refractivity contribution in [3.8, 4) is 0 Å². The minimum absolute atomic E-state index is 0.0712. The summed E-state index contributed by atoms with van der Waals surface area (Å²) >= 11 is 3.16. The van der Waals surface area contributed by atoms with Crippen molar-refractivity contribution in [3.05, 3.63) is 34.1 Å². The predicted octanol–water partition coefficient (Wildman–Crippen LogP) is 2.14. The number of hydrogen-bond donors (Lipinski definition) is 2. The van der Waals surface area contributed by atoms with Gasteiger partial charge in [-0.3, -0.25) is 4.79 Å². The van der Waals surface area contributed by atoms with Crippen molar-refractivity contribution in [2.24, 2.45) is 5.73 Å². The smallest absolute Gasteiger partial charge is 0.240 e. The SMILES string of the molecule is CC(Cc1ccc(F)c(Br)c1)NC(=O)C1(N)CCOCC1. The van der Waals surface area contributed by atoms with Crippen molar-refractivity contribution in [2.45, 2.75) is 37.8 Å². The van der Waals surface area contributed by atoms with Crippen LogP contribution in [0.1, 0.15) is 25.3 Å². The number of halogens is 2. The monoisotopic (exact) mass is 358 g/mol. The second kappa shape index (κ2) is 6.85. The van der Waals surface area contributed by atoms with E-state index in [9.17, 15) is 9.18 Å². The van der Waals surface area contributed by atoms with Crippen molar-refractivity contribution >= 4 is 21.8 Å². The van der Waals surface area contributed by atoms with Gasteiger partial charge in [0.15, 0.2) is 0 Å². The van der Waals surface area contributed by atoms with Gasteiger partial charge in [0.1, 0.15) is 5.82 Å². The van der Waals surface area contributed by atoms with Crippen molar-refractivity contribution in [2.75, 3.05) is 13.2 Å². The summed E-state index contributed by atoms with van der Waals surface area (Å²) in [6.07, 6.45) is 1.69. The average Bonchev–Trinajstić information content (AvgIpc) is 2.43. The Bertz CT molecular complexity index is 518. The molecule has 1 unspecified atom stereocenters. The normalized spacial score (nSPS) is 19.0. The second-order valence-corrected chi connectivity index (χ2v) is 6.45. The fourth-order valence-electron chi connectivity index (χ4n) is 2.40. The molecule has 0 saturated carbocycles.